The van der Waals surface area contributed by atoms with Crippen LogP contribution in [-0.4, -0.2) is 0 Å². The molecule has 0 saturated carbocycles. The van der Waals surface area contributed by atoms with E-state index < -0.39 is 23.6 Å². The number of thiophene rings is 1. The minimum absolute atomic E-state index is 0.187. The van der Waals surface area contributed by atoms with Crippen molar-refractivity contribution in [3.8, 4) is 0 Å². The maximum absolute atomic E-state index is 13.5. The highest BCUT2D eigenvalue weighted by molar-refractivity contribution is 7.20. The summed E-state index contributed by atoms with van der Waals surface area (Å²) in [6, 6.07) is 3.21. The maximum atomic E-state index is 13.5. The molecule has 0 aliphatic rings. The molecule has 0 aliphatic carbocycles. The highest BCUT2D eigenvalue weighted by Gasteiger charge is 2.34. The average molecular weight is 344 g/mol. The Bertz CT molecular complexity index is 639. The van der Waals surface area contributed by atoms with Crippen molar-refractivity contribution in [3.05, 3.63) is 55.4 Å². The molecular weight excluding hydrogens is 337 g/mol. The lowest BCUT2D eigenvalue weighted by Gasteiger charge is -2.14. The van der Waals surface area contributed by atoms with E-state index in [1.165, 1.54) is 6.07 Å². The Kier molecular flexibility index (Phi) is 4.30. The lowest BCUT2D eigenvalue weighted by atomic mass is 10.0. The Morgan fingerprint density at radius 1 is 1.15 bits per heavy atom. The second-order valence-electron chi connectivity index (χ2n) is 3.99. The number of hydrogen-bond acceptors (Lipinski definition) is 2. The molecule has 2 aromatic rings. The normalized spacial score (nSPS) is 13.6. The van der Waals surface area contributed by atoms with Gasteiger partial charge < -0.3 is 5.73 Å². The number of halogens is 6. The van der Waals surface area contributed by atoms with E-state index in [1.54, 1.807) is 0 Å². The molecule has 1 unspecified atom stereocenters. The molecule has 1 atom stereocenters. The van der Waals surface area contributed by atoms with Crippen molar-refractivity contribution in [3.63, 3.8) is 0 Å². The van der Waals surface area contributed by atoms with Crippen molar-refractivity contribution in [1.82, 2.24) is 0 Å². The molecule has 0 amide bonds. The molecule has 0 saturated heterocycles. The monoisotopic (exact) mass is 343 g/mol. The Morgan fingerprint density at radius 2 is 1.80 bits per heavy atom. The first-order valence-corrected chi connectivity index (χ1v) is 6.84. The van der Waals surface area contributed by atoms with E-state index in [1.807, 2.05) is 0 Å². The third-order valence-electron chi connectivity index (χ3n) is 2.68. The van der Waals surface area contributed by atoms with E-state index >= 15 is 0 Å². The van der Waals surface area contributed by atoms with Crippen molar-refractivity contribution >= 4 is 34.5 Å². The number of hydrogen-bond donors (Lipinski definition) is 1. The quantitative estimate of drug-likeness (QED) is 0.739. The SMILES string of the molecule is NC(c1ccc(C(F)(F)F)c(F)c1)c1cc(Cl)sc1Cl. The number of benzene rings is 1. The molecule has 1 heterocycles. The van der Waals surface area contributed by atoms with Gasteiger partial charge in [-0.15, -0.1) is 11.3 Å². The fourth-order valence-corrected chi connectivity index (χ4v) is 3.25. The molecule has 2 rings (SSSR count). The molecule has 1 aromatic heterocycles. The first-order chi connectivity index (χ1) is 9.20. The molecule has 1 aromatic carbocycles. The third-order valence-corrected chi connectivity index (χ3v) is 4.19. The zero-order valence-corrected chi connectivity index (χ0v) is 12.0. The lowest BCUT2D eigenvalue weighted by molar-refractivity contribution is -0.140. The van der Waals surface area contributed by atoms with Crippen LogP contribution in [0.5, 0.6) is 0 Å². The largest absolute Gasteiger partial charge is 0.419 e. The predicted molar refractivity (Wildman–Crippen MR) is 71.8 cm³/mol. The van der Waals surface area contributed by atoms with Gasteiger partial charge in [-0.2, -0.15) is 13.2 Å². The molecule has 8 heteroatoms. The molecule has 20 heavy (non-hydrogen) atoms. The van der Waals surface area contributed by atoms with Crippen molar-refractivity contribution in [2.45, 2.75) is 12.2 Å². The second kappa shape index (κ2) is 5.52. The molecule has 0 bridgehead atoms. The third kappa shape index (κ3) is 3.09. The molecule has 1 nitrogen and oxygen atoms in total. The Labute approximate surface area is 125 Å². The predicted octanol–water partition coefficient (Wildman–Crippen LogP) is 5.26. The molecule has 0 radical (unpaired) electrons. The number of alkyl halides is 3. The van der Waals surface area contributed by atoms with Gasteiger partial charge in [0.1, 0.15) is 5.82 Å². The summed E-state index contributed by atoms with van der Waals surface area (Å²) in [5.41, 5.74) is 5.18. The van der Waals surface area contributed by atoms with E-state index in [-0.39, 0.29) is 5.56 Å². The minimum Gasteiger partial charge on any atom is -0.320 e. The van der Waals surface area contributed by atoms with E-state index in [9.17, 15) is 17.6 Å². The molecule has 0 fully saturated rings. The van der Waals surface area contributed by atoms with Crippen molar-refractivity contribution in [1.29, 1.82) is 0 Å². The maximum Gasteiger partial charge on any atom is 0.419 e. The van der Waals surface area contributed by atoms with E-state index in [2.05, 4.69) is 0 Å². The highest BCUT2D eigenvalue weighted by Crippen LogP contribution is 2.38. The van der Waals surface area contributed by atoms with Crippen LogP contribution in [0, 0.1) is 5.82 Å². The van der Waals surface area contributed by atoms with Gasteiger partial charge in [-0.3, -0.25) is 0 Å². The van der Waals surface area contributed by atoms with Gasteiger partial charge in [-0.05, 0) is 23.8 Å². The lowest BCUT2D eigenvalue weighted by Crippen LogP contribution is -2.14. The van der Waals surface area contributed by atoms with Gasteiger partial charge in [-0.1, -0.05) is 29.3 Å². The minimum atomic E-state index is -4.74. The van der Waals surface area contributed by atoms with Gasteiger partial charge in [0.2, 0.25) is 0 Å². The fraction of sp³-hybridized carbons (Fsp3) is 0.167. The van der Waals surface area contributed by atoms with Gasteiger partial charge in [0.05, 0.1) is 20.3 Å². The van der Waals surface area contributed by atoms with Crippen molar-refractivity contribution in [2.75, 3.05) is 0 Å². The van der Waals surface area contributed by atoms with Gasteiger partial charge in [-0.25, -0.2) is 4.39 Å². The molecule has 2 N–H and O–H groups in total. The zero-order valence-electron chi connectivity index (χ0n) is 9.64. The highest BCUT2D eigenvalue weighted by atomic mass is 35.5. The zero-order chi connectivity index (χ0) is 15.1. The van der Waals surface area contributed by atoms with Gasteiger partial charge >= 0.3 is 6.18 Å². The standard InChI is InChI=1S/C12H7Cl2F4NS/c13-9-4-6(11(14)20-9)10(19)5-1-2-7(8(15)3-5)12(16,17)18/h1-4,10H,19H2. The van der Waals surface area contributed by atoms with Crippen molar-refractivity contribution < 1.29 is 17.6 Å². The average Bonchev–Trinajstić information content (AvgIpc) is 2.65. The van der Waals surface area contributed by atoms with Crippen LogP contribution in [-0.2, 0) is 6.18 Å². The summed E-state index contributed by atoms with van der Waals surface area (Å²) in [6.45, 7) is 0. The summed E-state index contributed by atoms with van der Waals surface area (Å²) in [7, 11) is 0. The summed E-state index contributed by atoms with van der Waals surface area (Å²) in [5.74, 6) is -1.37. The topological polar surface area (TPSA) is 26.0 Å². The van der Waals surface area contributed by atoms with Gasteiger partial charge in [0.15, 0.2) is 0 Å². The Hall–Kier alpha value is -0.820. The summed E-state index contributed by atoms with van der Waals surface area (Å²) in [5, 5.41) is 0. The van der Waals surface area contributed by atoms with E-state index in [4.69, 9.17) is 28.9 Å². The van der Waals surface area contributed by atoms with Crippen LogP contribution >= 0.6 is 34.5 Å². The van der Waals surface area contributed by atoms with Crippen LogP contribution < -0.4 is 5.73 Å². The number of rotatable bonds is 2. The van der Waals surface area contributed by atoms with Crippen LogP contribution in [0.1, 0.15) is 22.7 Å². The molecule has 0 aliphatic heterocycles. The molecule has 0 spiro atoms. The fourth-order valence-electron chi connectivity index (χ4n) is 1.70. The van der Waals surface area contributed by atoms with Crippen LogP contribution in [0.15, 0.2) is 24.3 Å². The second-order valence-corrected chi connectivity index (χ2v) is 6.28. The van der Waals surface area contributed by atoms with E-state index in [0.29, 0.717) is 20.3 Å². The van der Waals surface area contributed by atoms with Crippen LogP contribution in [0.4, 0.5) is 17.6 Å². The molecular formula is C12H7Cl2F4NS. The van der Waals surface area contributed by atoms with Gasteiger partial charge in [0.25, 0.3) is 0 Å². The Morgan fingerprint density at radius 3 is 2.25 bits per heavy atom. The summed E-state index contributed by atoms with van der Waals surface area (Å²) in [4.78, 5) is 0. The summed E-state index contributed by atoms with van der Waals surface area (Å²) >= 11 is 12.8. The van der Waals surface area contributed by atoms with E-state index in [0.717, 1.165) is 23.5 Å². The first-order valence-electron chi connectivity index (χ1n) is 5.27. The van der Waals surface area contributed by atoms with Crippen molar-refractivity contribution in [2.24, 2.45) is 5.73 Å². The first kappa shape index (κ1) is 15.6. The van der Waals surface area contributed by atoms with Crippen LogP contribution in [0.25, 0.3) is 0 Å². The van der Waals surface area contributed by atoms with Crippen LogP contribution in [0.2, 0.25) is 8.67 Å². The van der Waals surface area contributed by atoms with Crippen LogP contribution in [0.3, 0.4) is 0 Å². The molecule has 108 valence electrons. The number of nitrogens with two attached hydrogens (primary N) is 1. The smallest absolute Gasteiger partial charge is 0.320 e. The summed E-state index contributed by atoms with van der Waals surface area (Å²) < 4.78 is 51.6. The summed E-state index contributed by atoms with van der Waals surface area (Å²) in [6.07, 6.45) is -4.74. The Balaban J connectivity index is 2.39. The van der Waals surface area contributed by atoms with Gasteiger partial charge in [0, 0.05) is 5.56 Å².